The van der Waals surface area contributed by atoms with Crippen LogP contribution in [-0.4, -0.2) is 21.6 Å². The molecule has 1 aromatic heterocycles. The van der Waals surface area contributed by atoms with Crippen LogP contribution in [0.1, 0.15) is 32.0 Å². The summed E-state index contributed by atoms with van der Waals surface area (Å²) in [5, 5.41) is 8.76. The third-order valence-electron chi connectivity index (χ3n) is 3.03. The van der Waals surface area contributed by atoms with Gasteiger partial charge in [0.15, 0.2) is 0 Å². The van der Waals surface area contributed by atoms with E-state index in [0.29, 0.717) is 13.2 Å². The highest BCUT2D eigenvalue weighted by Gasteiger charge is 2.12. The summed E-state index contributed by atoms with van der Waals surface area (Å²) in [7, 11) is 0. The largest absolute Gasteiger partial charge is 0.492 e. The summed E-state index contributed by atoms with van der Waals surface area (Å²) >= 11 is 3.35. The lowest BCUT2D eigenvalue weighted by Crippen LogP contribution is -2.11. The maximum absolute atomic E-state index is 5.72. The molecule has 0 N–H and O–H groups in total. The molecule has 2 rings (SSSR count). The molecule has 5 heteroatoms. The Morgan fingerprint density at radius 1 is 1.20 bits per heavy atom. The number of halogens is 1. The van der Waals surface area contributed by atoms with Gasteiger partial charge in [0.2, 0.25) is 0 Å². The van der Waals surface area contributed by atoms with Gasteiger partial charge in [0, 0.05) is 11.5 Å². The van der Waals surface area contributed by atoms with E-state index in [0.717, 1.165) is 16.8 Å². The van der Waals surface area contributed by atoms with Crippen LogP contribution in [0.3, 0.4) is 0 Å². The normalized spacial score (nSPS) is 11.6. The zero-order valence-electron chi connectivity index (χ0n) is 12.1. The minimum Gasteiger partial charge on any atom is -0.492 e. The first kappa shape index (κ1) is 15.0. The maximum atomic E-state index is 5.72. The fraction of sp³-hybridized carbons (Fsp3) is 0.467. The minimum absolute atomic E-state index is 0.172. The Morgan fingerprint density at radius 3 is 2.45 bits per heavy atom. The molecule has 4 nitrogen and oxygen atoms in total. The monoisotopic (exact) mass is 337 g/mol. The average molecular weight is 338 g/mol. The minimum atomic E-state index is 0.172. The van der Waals surface area contributed by atoms with Crippen molar-refractivity contribution in [3.8, 4) is 5.75 Å². The molecule has 108 valence electrons. The molecular formula is C15H20BrN3O. The Bertz CT molecular complexity index is 543. The first-order valence-electron chi connectivity index (χ1n) is 6.67. The molecule has 0 bridgehead atoms. The molecule has 0 saturated heterocycles. The summed E-state index contributed by atoms with van der Waals surface area (Å²) in [5.41, 5.74) is 2.41. The molecule has 0 spiro atoms. The van der Waals surface area contributed by atoms with Gasteiger partial charge in [-0.05, 0) is 23.1 Å². The van der Waals surface area contributed by atoms with Crippen LogP contribution in [0, 0.1) is 0 Å². The molecule has 20 heavy (non-hydrogen) atoms. The van der Waals surface area contributed by atoms with Crippen LogP contribution in [0.5, 0.6) is 5.75 Å². The first-order valence-corrected chi connectivity index (χ1v) is 7.79. The third-order valence-corrected chi connectivity index (χ3v) is 3.61. The predicted molar refractivity (Wildman–Crippen MR) is 83.3 cm³/mol. The molecule has 0 unspecified atom stereocenters. The van der Waals surface area contributed by atoms with Crippen molar-refractivity contribution in [2.45, 2.75) is 38.1 Å². The fourth-order valence-electron chi connectivity index (χ4n) is 1.82. The highest BCUT2D eigenvalue weighted by molar-refractivity contribution is 9.08. The molecule has 2 aromatic rings. The lowest BCUT2D eigenvalue weighted by molar-refractivity contribution is 0.289. The molecule has 0 amide bonds. The van der Waals surface area contributed by atoms with E-state index in [-0.39, 0.29) is 5.41 Å². The van der Waals surface area contributed by atoms with Crippen LogP contribution in [0.15, 0.2) is 30.5 Å². The van der Waals surface area contributed by atoms with Gasteiger partial charge in [-0.15, -0.1) is 5.10 Å². The number of nitrogens with zero attached hydrogens (tertiary/aromatic N) is 3. The quantitative estimate of drug-likeness (QED) is 0.783. The summed E-state index contributed by atoms with van der Waals surface area (Å²) in [5.74, 6) is 0.888. The molecule has 0 atom stereocenters. The van der Waals surface area contributed by atoms with Crippen LogP contribution in [0.25, 0.3) is 0 Å². The summed E-state index contributed by atoms with van der Waals surface area (Å²) in [6.45, 7) is 7.89. The van der Waals surface area contributed by atoms with E-state index in [1.165, 1.54) is 5.56 Å². The number of aromatic nitrogens is 3. The van der Waals surface area contributed by atoms with Gasteiger partial charge in [-0.1, -0.05) is 54.0 Å². The number of hydrogen-bond donors (Lipinski definition) is 0. The van der Waals surface area contributed by atoms with Crippen molar-refractivity contribution < 1.29 is 4.74 Å². The summed E-state index contributed by atoms with van der Waals surface area (Å²) < 4.78 is 7.51. The van der Waals surface area contributed by atoms with Crippen molar-refractivity contribution in [3.63, 3.8) is 0 Å². The first-order chi connectivity index (χ1) is 9.49. The highest BCUT2D eigenvalue weighted by atomic mass is 79.9. The van der Waals surface area contributed by atoms with E-state index in [9.17, 15) is 0 Å². The lowest BCUT2D eigenvalue weighted by Gasteiger charge is -2.19. The smallest absolute Gasteiger partial charge is 0.119 e. The molecular weight excluding hydrogens is 318 g/mol. The van der Waals surface area contributed by atoms with Crippen LogP contribution in [0.2, 0.25) is 0 Å². The van der Waals surface area contributed by atoms with Gasteiger partial charge in [-0.3, -0.25) is 0 Å². The van der Waals surface area contributed by atoms with E-state index in [2.05, 4.69) is 59.1 Å². The Labute approximate surface area is 128 Å². The van der Waals surface area contributed by atoms with Gasteiger partial charge in [-0.2, -0.15) is 0 Å². The molecule has 0 saturated carbocycles. The van der Waals surface area contributed by atoms with Crippen LogP contribution in [-0.2, 0) is 17.3 Å². The van der Waals surface area contributed by atoms with Crippen molar-refractivity contribution in [2.24, 2.45) is 0 Å². The van der Waals surface area contributed by atoms with Crippen LogP contribution in [0.4, 0.5) is 0 Å². The number of benzene rings is 1. The topological polar surface area (TPSA) is 39.9 Å². The molecule has 0 aliphatic carbocycles. The van der Waals surface area contributed by atoms with E-state index >= 15 is 0 Å². The second-order valence-electron chi connectivity index (χ2n) is 5.73. The SMILES string of the molecule is CC(C)(C)c1ccc(OCCn2cc(CBr)nn2)cc1. The average Bonchev–Trinajstić information content (AvgIpc) is 2.86. The molecule has 0 aliphatic heterocycles. The second kappa shape index (κ2) is 6.39. The third kappa shape index (κ3) is 4.07. The predicted octanol–water partition coefficient (Wildman–Crippen LogP) is 3.55. The van der Waals surface area contributed by atoms with Gasteiger partial charge in [-0.25, -0.2) is 4.68 Å². The fourth-order valence-corrected chi connectivity index (χ4v) is 2.07. The van der Waals surface area contributed by atoms with Crippen molar-refractivity contribution in [3.05, 3.63) is 41.7 Å². The van der Waals surface area contributed by atoms with E-state index in [1.54, 1.807) is 4.68 Å². The van der Waals surface area contributed by atoms with Crippen LogP contribution < -0.4 is 4.74 Å². The van der Waals surface area contributed by atoms with E-state index in [4.69, 9.17) is 4.74 Å². The Hall–Kier alpha value is -1.36. The Balaban J connectivity index is 1.85. The van der Waals surface area contributed by atoms with Gasteiger partial charge < -0.3 is 4.74 Å². The van der Waals surface area contributed by atoms with Gasteiger partial charge in [0.1, 0.15) is 12.4 Å². The summed E-state index contributed by atoms with van der Waals surface area (Å²) in [6.07, 6.45) is 1.92. The van der Waals surface area contributed by atoms with E-state index in [1.807, 2.05) is 18.3 Å². The molecule has 1 aromatic carbocycles. The maximum Gasteiger partial charge on any atom is 0.119 e. The van der Waals surface area contributed by atoms with Crippen molar-refractivity contribution in [2.75, 3.05) is 6.61 Å². The van der Waals surface area contributed by atoms with Gasteiger partial charge >= 0.3 is 0 Å². The number of alkyl halides is 1. The van der Waals surface area contributed by atoms with Crippen LogP contribution >= 0.6 is 15.9 Å². The number of hydrogen-bond acceptors (Lipinski definition) is 3. The summed E-state index contributed by atoms with van der Waals surface area (Å²) in [4.78, 5) is 0. The Morgan fingerprint density at radius 2 is 1.90 bits per heavy atom. The zero-order valence-corrected chi connectivity index (χ0v) is 13.7. The van der Waals surface area contributed by atoms with Crippen molar-refractivity contribution in [1.29, 1.82) is 0 Å². The second-order valence-corrected chi connectivity index (χ2v) is 6.29. The van der Waals surface area contributed by atoms with Gasteiger partial charge in [0.05, 0.1) is 12.2 Å². The van der Waals surface area contributed by atoms with E-state index < -0.39 is 0 Å². The molecule has 0 fully saturated rings. The lowest BCUT2D eigenvalue weighted by atomic mass is 9.87. The zero-order chi connectivity index (χ0) is 14.6. The molecule has 1 heterocycles. The standard InChI is InChI=1S/C15H20BrN3O/c1-15(2,3)12-4-6-14(7-5-12)20-9-8-19-11-13(10-16)17-18-19/h4-7,11H,8-10H2,1-3H3. The number of rotatable bonds is 5. The van der Waals surface area contributed by atoms with Gasteiger partial charge in [0.25, 0.3) is 0 Å². The molecule has 0 aliphatic rings. The van der Waals surface area contributed by atoms with Crippen molar-refractivity contribution in [1.82, 2.24) is 15.0 Å². The Kier molecular flexibility index (Phi) is 4.81. The van der Waals surface area contributed by atoms with Crippen molar-refractivity contribution >= 4 is 15.9 Å². The summed E-state index contributed by atoms with van der Waals surface area (Å²) in [6, 6.07) is 8.28. The number of ether oxygens (including phenoxy) is 1. The highest BCUT2D eigenvalue weighted by Crippen LogP contribution is 2.24. The molecule has 0 radical (unpaired) electrons.